The van der Waals surface area contributed by atoms with Gasteiger partial charge in [-0.2, -0.15) is 5.10 Å². The number of nitrogens with two attached hydrogens (primary N) is 1. The number of amides is 1. The molecule has 1 aliphatic heterocycles. The van der Waals surface area contributed by atoms with E-state index in [2.05, 4.69) is 29.3 Å². The van der Waals surface area contributed by atoms with Crippen LogP contribution in [0.15, 0.2) is 0 Å². The van der Waals surface area contributed by atoms with Gasteiger partial charge in [-0.25, -0.2) is 0 Å². The zero-order chi connectivity index (χ0) is 14.9. The average molecular weight is 279 g/mol. The highest BCUT2D eigenvalue weighted by Crippen LogP contribution is 2.19. The van der Waals surface area contributed by atoms with E-state index in [9.17, 15) is 4.79 Å². The Morgan fingerprint density at radius 1 is 1.50 bits per heavy atom. The van der Waals surface area contributed by atoms with E-state index in [-0.39, 0.29) is 11.9 Å². The van der Waals surface area contributed by atoms with Gasteiger partial charge in [-0.3, -0.25) is 9.48 Å². The summed E-state index contributed by atoms with van der Waals surface area (Å²) in [4.78, 5) is 14.7. The lowest BCUT2D eigenvalue weighted by Gasteiger charge is -2.35. The number of piperidine rings is 1. The summed E-state index contributed by atoms with van der Waals surface area (Å²) in [6.07, 6.45) is 1.71. The second kappa shape index (κ2) is 5.83. The topological polar surface area (TPSA) is 76.2 Å². The molecule has 2 heterocycles. The Labute approximate surface area is 120 Å². The van der Waals surface area contributed by atoms with Crippen LogP contribution >= 0.6 is 0 Å². The third-order valence-corrected chi connectivity index (χ3v) is 4.14. The number of aryl methyl sites for hydroxylation is 2. The van der Waals surface area contributed by atoms with Gasteiger partial charge in [0, 0.05) is 19.6 Å². The van der Waals surface area contributed by atoms with Crippen molar-refractivity contribution < 1.29 is 4.79 Å². The Hall–Kier alpha value is -1.56. The van der Waals surface area contributed by atoms with Crippen molar-refractivity contribution in [3.63, 3.8) is 0 Å². The van der Waals surface area contributed by atoms with Gasteiger partial charge in [0.2, 0.25) is 0 Å². The first-order valence-corrected chi connectivity index (χ1v) is 7.24. The van der Waals surface area contributed by atoms with Crippen LogP contribution in [-0.2, 0) is 13.5 Å². The first-order valence-electron chi connectivity index (χ1n) is 7.24. The van der Waals surface area contributed by atoms with Crippen LogP contribution in [0.2, 0.25) is 0 Å². The highest BCUT2D eigenvalue weighted by Gasteiger charge is 2.28. The van der Waals surface area contributed by atoms with Crippen molar-refractivity contribution in [3.05, 3.63) is 11.4 Å². The van der Waals surface area contributed by atoms with E-state index in [4.69, 9.17) is 5.73 Å². The van der Waals surface area contributed by atoms with Crippen molar-refractivity contribution in [1.82, 2.24) is 20.0 Å². The molecule has 0 aromatic carbocycles. The summed E-state index contributed by atoms with van der Waals surface area (Å²) in [5.74, 6) is 0.330. The normalized spacial score (nSPS) is 23.8. The number of rotatable bonds is 3. The largest absolute Gasteiger partial charge is 0.395 e. The molecule has 2 unspecified atom stereocenters. The van der Waals surface area contributed by atoms with E-state index in [1.54, 1.807) is 11.7 Å². The van der Waals surface area contributed by atoms with Gasteiger partial charge in [0.1, 0.15) is 5.69 Å². The first kappa shape index (κ1) is 14.8. The van der Waals surface area contributed by atoms with Crippen LogP contribution in [0.4, 0.5) is 5.69 Å². The molecular weight excluding hydrogens is 254 g/mol. The zero-order valence-electron chi connectivity index (χ0n) is 12.8. The van der Waals surface area contributed by atoms with E-state index in [0.717, 1.165) is 31.6 Å². The monoisotopic (exact) mass is 279 g/mol. The standard InChI is InChI=1S/C14H25N5O/c1-5-10-12(15)13(19(4)17-10)14(20)16-11-6-7-18(3)8-9(11)2/h9,11H,5-8,15H2,1-4H3,(H,16,20). The van der Waals surface area contributed by atoms with Gasteiger partial charge in [-0.15, -0.1) is 0 Å². The number of carbonyl (C=O) groups is 1. The fourth-order valence-corrected chi connectivity index (χ4v) is 2.93. The molecule has 2 atom stereocenters. The first-order chi connectivity index (χ1) is 9.43. The van der Waals surface area contributed by atoms with Crippen LogP contribution in [0.1, 0.15) is 36.5 Å². The predicted molar refractivity (Wildman–Crippen MR) is 79.5 cm³/mol. The fraction of sp³-hybridized carbons (Fsp3) is 0.714. The molecule has 20 heavy (non-hydrogen) atoms. The van der Waals surface area contributed by atoms with Crippen LogP contribution in [0.5, 0.6) is 0 Å². The molecule has 1 aromatic rings. The maximum absolute atomic E-state index is 12.4. The summed E-state index contributed by atoms with van der Waals surface area (Å²) >= 11 is 0. The van der Waals surface area contributed by atoms with Crippen molar-refractivity contribution in [2.75, 3.05) is 25.9 Å². The average Bonchev–Trinajstić information content (AvgIpc) is 2.67. The van der Waals surface area contributed by atoms with Gasteiger partial charge >= 0.3 is 0 Å². The summed E-state index contributed by atoms with van der Waals surface area (Å²) < 4.78 is 1.59. The minimum atomic E-state index is -0.112. The Morgan fingerprint density at radius 2 is 2.20 bits per heavy atom. The minimum Gasteiger partial charge on any atom is -0.395 e. The maximum Gasteiger partial charge on any atom is 0.271 e. The number of aromatic nitrogens is 2. The zero-order valence-corrected chi connectivity index (χ0v) is 12.8. The Bertz CT molecular complexity index is 496. The van der Waals surface area contributed by atoms with E-state index in [1.807, 2.05) is 6.92 Å². The van der Waals surface area contributed by atoms with E-state index in [0.29, 0.717) is 17.3 Å². The maximum atomic E-state index is 12.4. The van der Waals surface area contributed by atoms with Crippen molar-refractivity contribution in [2.24, 2.45) is 13.0 Å². The molecule has 1 saturated heterocycles. The van der Waals surface area contributed by atoms with E-state index >= 15 is 0 Å². The number of anilines is 1. The van der Waals surface area contributed by atoms with Crippen LogP contribution in [0.25, 0.3) is 0 Å². The van der Waals surface area contributed by atoms with Crippen molar-refractivity contribution in [2.45, 2.75) is 32.7 Å². The lowest BCUT2D eigenvalue weighted by atomic mass is 9.94. The number of nitrogen functional groups attached to an aromatic ring is 1. The lowest BCUT2D eigenvalue weighted by molar-refractivity contribution is 0.0875. The van der Waals surface area contributed by atoms with Crippen LogP contribution in [0, 0.1) is 5.92 Å². The van der Waals surface area contributed by atoms with Crippen LogP contribution in [-0.4, -0.2) is 46.8 Å². The molecule has 6 heteroatoms. The molecule has 1 aromatic heterocycles. The van der Waals surface area contributed by atoms with Crippen molar-refractivity contribution in [3.8, 4) is 0 Å². The van der Waals surface area contributed by atoms with Crippen molar-refractivity contribution >= 4 is 11.6 Å². The molecular formula is C14H25N5O. The SMILES string of the molecule is CCc1nn(C)c(C(=O)NC2CCN(C)CC2C)c1N. The molecule has 0 aliphatic carbocycles. The predicted octanol–water partition coefficient (Wildman–Crippen LogP) is 0.635. The fourth-order valence-electron chi connectivity index (χ4n) is 2.93. The quantitative estimate of drug-likeness (QED) is 0.851. The highest BCUT2D eigenvalue weighted by atomic mass is 16.2. The number of carbonyl (C=O) groups excluding carboxylic acids is 1. The lowest BCUT2D eigenvalue weighted by Crippen LogP contribution is -2.49. The van der Waals surface area contributed by atoms with Crippen molar-refractivity contribution in [1.29, 1.82) is 0 Å². The van der Waals surface area contributed by atoms with Gasteiger partial charge < -0.3 is 16.0 Å². The van der Waals surface area contributed by atoms with E-state index in [1.165, 1.54) is 0 Å². The number of nitrogens with one attached hydrogen (secondary N) is 1. The number of hydrogen-bond acceptors (Lipinski definition) is 4. The van der Waals surface area contributed by atoms with E-state index < -0.39 is 0 Å². The third-order valence-electron chi connectivity index (χ3n) is 4.14. The molecule has 0 spiro atoms. The number of nitrogens with zero attached hydrogens (tertiary/aromatic N) is 3. The summed E-state index contributed by atoms with van der Waals surface area (Å²) in [5.41, 5.74) is 7.80. The third kappa shape index (κ3) is 2.80. The van der Waals surface area contributed by atoms with Gasteiger partial charge in [0.05, 0.1) is 11.4 Å². The molecule has 2 rings (SSSR count). The van der Waals surface area contributed by atoms with Gasteiger partial charge in [0.25, 0.3) is 5.91 Å². The molecule has 1 amide bonds. The molecule has 112 valence electrons. The Kier molecular flexibility index (Phi) is 4.32. The second-order valence-electron chi connectivity index (χ2n) is 5.79. The summed E-state index contributed by atoms with van der Waals surface area (Å²) in [6, 6.07) is 0.207. The molecule has 6 nitrogen and oxygen atoms in total. The number of likely N-dealkylation sites (tertiary alicyclic amines) is 1. The van der Waals surface area contributed by atoms with Gasteiger partial charge in [0.15, 0.2) is 0 Å². The highest BCUT2D eigenvalue weighted by molar-refractivity contribution is 5.98. The smallest absolute Gasteiger partial charge is 0.271 e. The summed E-state index contributed by atoms with van der Waals surface area (Å²) in [7, 11) is 3.88. The molecule has 0 radical (unpaired) electrons. The number of hydrogen-bond donors (Lipinski definition) is 2. The summed E-state index contributed by atoms with van der Waals surface area (Å²) in [6.45, 7) is 6.17. The molecule has 0 bridgehead atoms. The molecule has 1 fully saturated rings. The minimum absolute atomic E-state index is 0.112. The van der Waals surface area contributed by atoms with Gasteiger partial charge in [-0.1, -0.05) is 13.8 Å². The Balaban J connectivity index is 2.11. The molecule has 1 aliphatic rings. The second-order valence-corrected chi connectivity index (χ2v) is 5.79. The van der Waals surface area contributed by atoms with Gasteiger partial charge in [-0.05, 0) is 32.4 Å². The van der Waals surface area contributed by atoms with Crippen LogP contribution in [0.3, 0.4) is 0 Å². The Morgan fingerprint density at radius 3 is 2.75 bits per heavy atom. The molecule has 0 saturated carbocycles. The molecule has 3 N–H and O–H groups in total. The summed E-state index contributed by atoms with van der Waals surface area (Å²) in [5, 5.41) is 7.41. The van der Waals surface area contributed by atoms with Crippen LogP contribution < -0.4 is 11.1 Å².